The van der Waals surface area contributed by atoms with Crippen LogP contribution in [0.25, 0.3) is 16.7 Å². The van der Waals surface area contributed by atoms with Crippen LogP contribution in [0.4, 0.5) is 0 Å². The molecule has 0 spiro atoms. The van der Waals surface area contributed by atoms with E-state index in [-0.39, 0.29) is 0 Å². The molecule has 3 aromatic rings. The number of hydrogen-bond acceptors (Lipinski definition) is 3. The SMILES string of the molecule is O=C(O)c1cccc2nc(C3CC3)n(-c3ccsc3)c12. The zero-order valence-corrected chi connectivity index (χ0v) is 11.4. The Morgan fingerprint density at radius 2 is 2.20 bits per heavy atom. The molecule has 0 radical (unpaired) electrons. The number of hydrogen-bond donors (Lipinski definition) is 1. The largest absolute Gasteiger partial charge is 0.478 e. The number of aromatic carboxylic acids is 1. The smallest absolute Gasteiger partial charge is 0.337 e. The average Bonchev–Trinajstić information content (AvgIpc) is 3.00. The molecule has 0 bridgehead atoms. The van der Waals surface area contributed by atoms with Gasteiger partial charge in [0.05, 0.1) is 22.3 Å². The quantitative estimate of drug-likeness (QED) is 0.798. The lowest BCUT2D eigenvalue weighted by Gasteiger charge is -2.07. The minimum absolute atomic E-state index is 0.313. The van der Waals surface area contributed by atoms with Gasteiger partial charge in [-0.3, -0.25) is 4.57 Å². The molecule has 0 amide bonds. The van der Waals surface area contributed by atoms with Crippen LogP contribution < -0.4 is 0 Å². The van der Waals surface area contributed by atoms with Gasteiger partial charge in [-0.25, -0.2) is 9.78 Å². The van der Waals surface area contributed by atoms with E-state index in [4.69, 9.17) is 0 Å². The summed E-state index contributed by atoms with van der Waals surface area (Å²) in [5.41, 5.74) is 2.79. The Balaban J connectivity index is 2.11. The molecule has 0 aliphatic heterocycles. The van der Waals surface area contributed by atoms with E-state index in [0.29, 0.717) is 17.0 Å². The maximum atomic E-state index is 11.5. The number of imidazole rings is 1. The molecule has 1 aliphatic rings. The molecule has 1 N–H and O–H groups in total. The van der Waals surface area contributed by atoms with Gasteiger partial charge in [0, 0.05) is 11.3 Å². The van der Waals surface area contributed by atoms with Crippen molar-refractivity contribution in [2.45, 2.75) is 18.8 Å². The summed E-state index contributed by atoms with van der Waals surface area (Å²) in [5.74, 6) is 0.547. The number of carbonyl (C=O) groups is 1. The number of rotatable bonds is 3. The first-order valence-electron chi connectivity index (χ1n) is 6.53. The Morgan fingerprint density at radius 3 is 2.85 bits per heavy atom. The molecule has 1 saturated carbocycles. The van der Waals surface area contributed by atoms with Crippen molar-refractivity contribution in [2.75, 3.05) is 0 Å². The number of para-hydroxylation sites is 1. The highest BCUT2D eigenvalue weighted by molar-refractivity contribution is 7.08. The van der Waals surface area contributed by atoms with Crippen molar-refractivity contribution in [3.05, 3.63) is 46.4 Å². The lowest BCUT2D eigenvalue weighted by Crippen LogP contribution is -2.03. The Labute approximate surface area is 119 Å². The molecule has 0 atom stereocenters. The maximum absolute atomic E-state index is 11.5. The number of thiophene rings is 1. The summed E-state index contributed by atoms with van der Waals surface area (Å²) < 4.78 is 2.02. The molecule has 4 nitrogen and oxygen atoms in total. The van der Waals surface area contributed by atoms with E-state index in [1.54, 1.807) is 23.5 Å². The molecule has 2 heterocycles. The Morgan fingerprint density at radius 1 is 1.35 bits per heavy atom. The monoisotopic (exact) mass is 284 g/mol. The van der Waals surface area contributed by atoms with Gasteiger partial charge in [-0.2, -0.15) is 11.3 Å². The standard InChI is InChI=1S/C15H12N2O2S/c18-15(19)11-2-1-3-12-13(11)17(10-6-7-20-8-10)14(16-12)9-4-5-9/h1-3,6-9H,4-5H2,(H,18,19). The van der Waals surface area contributed by atoms with Crippen molar-refractivity contribution in [2.24, 2.45) is 0 Å². The Hall–Kier alpha value is -2.14. The summed E-state index contributed by atoms with van der Waals surface area (Å²) in [5, 5.41) is 13.5. The number of aromatic nitrogens is 2. The van der Waals surface area contributed by atoms with Crippen LogP contribution in [0.5, 0.6) is 0 Å². The van der Waals surface area contributed by atoms with Crippen molar-refractivity contribution in [3.8, 4) is 5.69 Å². The van der Waals surface area contributed by atoms with Gasteiger partial charge in [0.2, 0.25) is 0 Å². The molecule has 0 saturated heterocycles. The number of carboxylic acids is 1. The molecule has 5 heteroatoms. The Bertz CT molecular complexity index is 801. The fraction of sp³-hybridized carbons (Fsp3) is 0.200. The van der Waals surface area contributed by atoms with Gasteiger partial charge in [-0.15, -0.1) is 0 Å². The van der Waals surface area contributed by atoms with Gasteiger partial charge in [0.1, 0.15) is 5.82 Å². The highest BCUT2D eigenvalue weighted by Crippen LogP contribution is 2.42. The van der Waals surface area contributed by atoms with Crippen molar-refractivity contribution in [1.29, 1.82) is 0 Å². The molecule has 20 heavy (non-hydrogen) atoms. The zero-order valence-electron chi connectivity index (χ0n) is 10.6. The second kappa shape index (κ2) is 4.18. The van der Waals surface area contributed by atoms with E-state index in [2.05, 4.69) is 4.98 Å². The van der Waals surface area contributed by atoms with Crippen molar-refractivity contribution in [3.63, 3.8) is 0 Å². The van der Waals surface area contributed by atoms with Gasteiger partial charge in [-0.05, 0) is 36.4 Å². The van der Waals surface area contributed by atoms with Crippen LogP contribution in [0, 0.1) is 0 Å². The molecular weight excluding hydrogens is 272 g/mol. The Kier molecular flexibility index (Phi) is 2.44. The van der Waals surface area contributed by atoms with Crippen LogP contribution in [0.15, 0.2) is 35.0 Å². The molecule has 4 rings (SSSR count). The fourth-order valence-electron chi connectivity index (χ4n) is 2.58. The van der Waals surface area contributed by atoms with Gasteiger partial charge >= 0.3 is 5.97 Å². The van der Waals surface area contributed by atoms with Crippen LogP contribution in [0.1, 0.15) is 34.9 Å². The van der Waals surface area contributed by atoms with Gasteiger partial charge in [0.15, 0.2) is 0 Å². The number of carboxylic acid groups (broad SMARTS) is 1. The number of benzene rings is 1. The zero-order chi connectivity index (χ0) is 13.7. The lowest BCUT2D eigenvalue weighted by molar-refractivity contribution is 0.0698. The lowest BCUT2D eigenvalue weighted by atomic mass is 10.2. The maximum Gasteiger partial charge on any atom is 0.337 e. The summed E-state index contributed by atoms with van der Waals surface area (Å²) in [7, 11) is 0. The van der Waals surface area contributed by atoms with Crippen molar-refractivity contribution in [1.82, 2.24) is 9.55 Å². The molecule has 2 aromatic heterocycles. The molecular formula is C15H12N2O2S. The molecule has 1 aliphatic carbocycles. The molecule has 100 valence electrons. The normalized spacial score (nSPS) is 14.8. The summed E-state index contributed by atoms with van der Waals surface area (Å²) >= 11 is 1.61. The van der Waals surface area contributed by atoms with E-state index < -0.39 is 5.97 Å². The third-order valence-electron chi connectivity index (χ3n) is 3.64. The first kappa shape index (κ1) is 11.7. The molecule has 1 aromatic carbocycles. The van der Waals surface area contributed by atoms with Crippen LogP contribution in [0.2, 0.25) is 0 Å². The van der Waals surface area contributed by atoms with Gasteiger partial charge in [0.25, 0.3) is 0 Å². The van der Waals surface area contributed by atoms with E-state index in [0.717, 1.165) is 29.9 Å². The second-order valence-electron chi connectivity index (χ2n) is 5.04. The average molecular weight is 284 g/mol. The predicted molar refractivity (Wildman–Crippen MR) is 77.9 cm³/mol. The highest BCUT2D eigenvalue weighted by Gasteiger charge is 2.31. The summed E-state index contributed by atoms with van der Waals surface area (Å²) in [4.78, 5) is 16.2. The third-order valence-corrected chi connectivity index (χ3v) is 4.31. The van der Waals surface area contributed by atoms with Crippen molar-refractivity contribution >= 4 is 28.3 Å². The first-order chi connectivity index (χ1) is 9.75. The fourth-order valence-corrected chi connectivity index (χ4v) is 3.20. The van der Waals surface area contributed by atoms with E-state index in [9.17, 15) is 9.90 Å². The van der Waals surface area contributed by atoms with Crippen molar-refractivity contribution < 1.29 is 9.90 Å². The van der Waals surface area contributed by atoms with Crippen LogP contribution in [0.3, 0.4) is 0 Å². The topological polar surface area (TPSA) is 55.1 Å². The first-order valence-corrected chi connectivity index (χ1v) is 7.47. The van der Waals surface area contributed by atoms with Crippen LogP contribution in [-0.4, -0.2) is 20.6 Å². The van der Waals surface area contributed by atoms with E-state index in [1.807, 2.05) is 27.5 Å². The third kappa shape index (κ3) is 1.67. The minimum atomic E-state index is -0.908. The second-order valence-corrected chi connectivity index (χ2v) is 5.82. The molecule has 0 unspecified atom stereocenters. The molecule has 1 fully saturated rings. The van der Waals surface area contributed by atoms with Gasteiger partial charge < -0.3 is 5.11 Å². The summed E-state index contributed by atoms with van der Waals surface area (Å²) in [6, 6.07) is 7.30. The van der Waals surface area contributed by atoms with Crippen LogP contribution >= 0.6 is 11.3 Å². The van der Waals surface area contributed by atoms with Gasteiger partial charge in [-0.1, -0.05) is 6.07 Å². The highest BCUT2D eigenvalue weighted by atomic mass is 32.1. The number of nitrogens with zero attached hydrogens (tertiary/aromatic N) is 2. The minimum Gasteiger partial charge on any atom is -0.478 e. The predicted octanol–water partition coefficient (Wildman–Crippen LogP) is 3.66. The van der Waals surface area contributed by atoms with Crippen LogP contribution in [-0.2, 0) is 0 Å². The summed E-state index contributed by atoms with van der Waals surface area (Å²) in [6.45, 7) is 0. The number of fused-ring (bicyclic) bond motifs is 1. The summed E-state index contributed by atoms with van der Waals surface area (Å²) in [6.07, 6.45) is 2.27. The van der Waals surface area contributed by atoms with E-state index >= 15 is 0 Å². The van der Waals surface area contributed by atoms with E-state index in [1.165, 1.54) is 0 Å².